The molecule has 2 aromatic rings. The summed E-state index contributed by atoms with van der Waals surface area (Å²) in [4.78, 5) is 0.978. The molecule has 0 saturated carbocycles. The largest absolute Gasteiger partial charge is 0.271 e. The van der Waals surface area contributed by atoms with Gasteiger partial charge in [-0.15, -0.1) is 11.8 Å². The lowest BCUT2D eigenvalue weighted by atomic mass is 10.1. The molecule has 0 saturated heterocycles. The third kappa shape index (κ3) is 4.87. The monoisotopic (exact) mass is 344 g/mol. The second-order valence-corrected chi connectivity index (χ2v) is 6.45. The van der Waals surface area contributed by atoms with Gasteiger partial charge in [0.15, 0.2) is 0 Å². The van der Waals surface area contributed by atoms with Crippen LogP contribution in [0, 0.1) is 5.82 Å². The van der Waals surface area contributed by atoms with Gasteiger partial charge < -0.3 is 0 Å². The molecule has 0 spiro atoms. The van der Waals surface area contributed by atoms with E-state index in [-0.39, 0.29) is 11.9 Å². The predicted octanol–water partition coefficient (Wildman–Crippen LogP) is 4.30. The van der Waals surface area contributed by atoms with Gasteiger partial charge in [-0.05, 0) is 42.3 Å². The van der Waals surface area contributed by atoms with Crippen LogP contribution in [0.2, 0.25) is 10.0 Å². The molecule has 0 radical (unpaired) electrons. The van der Waals surface area contributed by atoms with Crippen molar-refractivity contribution in [3.05, 3.63) is 63.9 Å². The van der Waals surface area contributed by atoms with Crippen molar-refractivity contribution in [3.63, 3.8) is 0 Å². The second-order valence-electron chi connectivity index (χ2n) is 4.54. The highest BCUT2D eigenvalue weighted by molar-refractivity contribution is 7.99. The van der Waals surface area contributed by atoms with Gasteiger partial charge in [-0.2, -0.15) is 0 Å². The molecule has 2 aromatic carbocycles. The second kappa shape index (κ2) is 8.01. The van der Waals surface area contributed by atoms with Gasteiger partial charge >= 0.3 is 0 Å². The summed E-state index contributed by atoms with van der Waals surface area (Å²) in [6.45, 7) is 0. The van der Waals surface area contributed by atoms with E-state index in [0.717, 1.165) is 4.90 Å². The van der Waals surface area contributed by atoms with Gasteiger partial charge in [0.25, 0.3) is 0 Å². The van der Waals surface area contributed by atoms with Gasteiger partial charge in [-0.1, -0.05) is 35.3 Å². The van der Waals surface area contributed by atoms with E-state index in [1.807, 2.05) is 24.3 Å². The van der Waals surface area contributed by atoms with Crippen molar-refractivity contribution >= 4 is 35.0 Å². The van der Waals surface area contributed by atoms with Gasteiger partial charge in [-0.25, -0.2) is 4.39 Å². The van der Waals surface area contributed by atoms with Crippen LogP contribution in [0.25, 0.3) is 0 Å². The van der Waals surface area contributed by atoms with Crippen LogP contribution in [0.15, 0.2) is 47.4 Å². The first-order valence-corrected chi connectivity index (χ1v) is 8.11. The minimum Gasteiger partial charge on any atom is -0.271 e. The summed E-state index contributed by atoms with van der Waals surface area (Å²) in [5.41, 5.74) is 3.26. The zero-order valence-corrected chi connectivity index (χ0v) is 13.5. The van der Waals surface area contributed by atoms with Crippen molar-refractivity contribution in [1.29, 1.82) is 0 Å². The average Bonchev–Trinajstić information content (AvgIpc) is 2.48. The average molecular weight is 345 g/mol. The number of hydrazine groups is 1. The van der Waals surface area contributed by atoms with Crippen LogP contribution in [-0.4, -0.2) is 11.8 Å². The highest BCUT2D eigenvalue weighted by Gasteiger charge is 2.13. The molecule has 1 atom stereocenters. The highest BCUT2D eigenvalue weighted by Crippen LogP contribution is 2.27. The summed E-state index contributed by atoms with van der Waals surface area (Å²) in [5.74, 6) is 5.96. The van der Waals surface area contributed by atoms with Gasteiger partial charge in [0.1, 0.15) is 5.82 Å². The van der Waals surface area contributed by atoms with E-state index in [0.29, 0.717) is 27.8 Å². The molecular formula is C15H15Cl2FN2S. The number of nitrogens with two attached hydrogens (primary N) is 1. The van der Waals surface area contributed by atoms with Crippen LogP contribution in [-0.2, 0) is 6.42 Å². The van der Waals surface area contributed by atoms with Crippen LogP contribution in [0.5, 0.6) is 0 Å². The summed E-state index contributed by atoms with van der Waals surface area (Å²) in [5, 5.41) is 1.22. The molecule has 3 N–H and O–H groups in total. The van der Waals surface area contributed by atoms with Gasteiger partial charge in [0.2, 0.25) is 0 Å². The minimum atomic E-state index is -0.276. The number of rotatable bonds is 6. The molecule has 6 heteroatoms. The molecule has 0 amide bonds. The Hall–Kier alpha value is -0.780. The third-order valence-corrected chi connectivity index (χ3v) is 4.90. The van der Waals surface area contributed by atoms with Crippen molar-refractivity contribution in [1.82, 2.24) is 5.43 Å². The number of nitrogens with one attached hydrogen (secondary N) is 1. The summed E-state index contributed by atoms with van der Waals surface area (Å²) >= 11 is 13.6. The Bertz CT molecular complexity index is 610. The van der Waals surface area contributed by atoms with Crippen molar-refractivity contribution in [3.8, 4) is 0 Å². The summed E-state index contributed by atoms with van der Waals surface area (Å²) in [7, 11) is 0. The molecule has 112 valence electrons. The van der Waals surface area contributed by atoms with Gasteiger partial charge in [0, 0.05) is 21.7 Å². The lowest BCUT2D eigenvalue weighted by Gasteiger charge is -2.16. The molecular weight excluding hydrogens is 330 g/mol. The third-order valence-electron chi connectivity index (χ3n) is 2.99. The maximum Gasteiger partial charge on any atom is 0.126 e. The molecule has 2 rings (SSSR count). The smallest absolute Gasteiger partial charge is 0.126 e. The fourth-order valence-electron chi connectivity index (χ4n) is 1.88. The Morgan fingerprint density at radius 2 is 1.95 bits per heavy atom. The van der Waals surface area contributed by atoms with Crippen LogP contribution < -0.4 is 11.3 Å². The minimum absolute atomic E-state index is 0.0840. The first-order chi connectivity index (χ1) is 10.1. The van der Waals surface area contributed by atoms with Crippen molar-refractivity contribution in [2.75, 3.05) is 5.75 Å². The standard InChI is InChI=1S/C15H15Cl2FN2S/c16-11-5-6-14(18)10(7-11)8-12(20-19)9-21-15-4-2-1-3-13(15)17/h1-7,12,20H,8-9,19H2. The summed E-state index contributed by atoms with van der Waals surface area (Å²) in [6, 6.07) is 12.0. The first-order valence-electron chi connectivity index (χ1n) is 6.37. The molecule has 0 aliphatic carbocycles. The number of halogens is 3. The number of thioether (sulfide) groups is 1. The molecule has 0 fully saturated rings. The van der Waals surface area contributed by atoms with E-state index >= 15 is 0 Å². The number of hydrogen-bond donors (Lipinski definition) is 2. The lowest BCUT2D eigenvalue weighted by molar-refractivity contribution is 0.546. The molecule has 21 heavy (non-hydrogen) atoms. The van der Waals surface area contributed by atoms with Crippen LogP contribution in [0.3, 0.4) is 0 Å². The Balaban J connectivity index is 2.00. The maximum absolute atomic E-state index is 13.7. The van der Waals surface area contributed by atoms with Crippen molar-refractivity contribution in [2.45, 2.75) is 17.4 Å². The molecule has 0 aliphatic heterocycles. The molecule has 0 bridgehead atoms. The normalized spacial score (nSPS) is 12.4. The Labute approximate surface area is 137 Å². The molecule has 0 heterocycles. The fourth-order valence-corrected chi connectivity index (χ4v) is 3.35. The topological polar surface area (TPSA) is 38.0 Å². The zero-order chi connectivity index (χ0) is 15.2. The zero-order valence-electron chi connectivity index (χ0n) is 11.2. The van der Waals surface area contributed by atoms with E-state index in [2.05, 4.69) is 5.43 Å². The molecule has 1 unspecified atom stereocenters. The van der Waals surface area contributed by atoms with E-state index in [4.69, 9.17) is 29.0 Å². The fraction of sp³-hybridized carbons (Fsp3) is 0.200. The Morgan fingerprint density at radius 1 is 1.19 bits per heavy atom. The highest BCUT2D eigenvalue weighted by atomic mass is 35.5. The van der Waals surface area contributed by atoms with E-state index in [1.54, 1.807) is 17.8 Å². The molecule has 2 nitrogen and oxygen atoms in total. The first kappa shape index (κ1) is 16.6. The molecule has 0 aromatic heterocycles. The lowest BCUT2D eigenvalue weighted by Crippen LogP contribution is -2.38. The van der Waals surface area contributed by atoms with Crippen molar-refractivity contribution in [2.24, 2.45) is 5.84 Å². The van der Waals surface area contributed by atoms with Crippen LogP contribution in [0.4, 0.5) is 4.39 Å². The maximum atomic E-state index is 13.7. The van der Waals surface area contributed by atoms with E-state index in [9.17, 15) is 4.39 Å². The number of benzene rings is 2. The number of hydrogen-bond acceptors (Lipinski definition) is 3. The van der Waals surface area contributed by atoms with E-state index in [1.165, 1.54) is 12.1 Å². The van der Waals surface area contributed by atoms with Crippen molar-refractivity contribution < 1.29 is 4.39 Å². The van der Waals surface area contributed by atoms with E-state index < -0.39 is 0 Å². The van der Waals surface area contributed by atoms with Gasteiger partial charge in [-0.3, -0.25) is 11.3 Å². The molecule has 0 aliphatic rings. The quantitative estimate of drug-likeness (QED) is 0.466. The predicted molar refractivity (Wildman–Crippen MR) is 88.4 cm³/mol. The van der Waals surface area contributed by atoms with Crippen LogP contribution in [0.1, 0.15) is 5.56 Å². The Morgan fingerprint density at radius 3 is 2.67 bits per heavy atom. The van der Waals surface area contributed by atoms with Crippen LogP contribution >= 0.6 is 35.0 Å². The van der Waals surface area contributed by atoms with Gasteiger partial charge in [0.05, 0.1) is 5.02 Å². The SMILES string of the molecule is NNC(CSc1ccccc1Cl)Cc1cc(Cl)ccc1F. The summed E-state index contributed by atoms with van der Waals surface area (Å²) in [6.07, 6.45) is 0.459. The Kier molecular flexibility index (Phi) is 6.33. The summed E-state index contributed by atoms with van der Waals surface area (Å²) < 4.78 is 13.7.